The molecule has 3 N–H and O–H groups in total. The molecule has 9 heteroatoms. The van der Waals surface area contributed by atoms with E-state index in [1.807, 2.05) is 21.1 Å². The Balaban J connectivity index is 4.31. The first-order valence-electron chi connectivity index (χ1n) is 23.9. The summed E-state index contributed by atoms with van der Waals surface area (Å²) in [5.74, 6) is -0.161. The Morgan fingerprint density at radius 3 is 1.54 bits per heavy atom. The molecule has 0 aliphatic rings. The summed E-state index contributed by atoms with van der Waals surface area (Å²) in [6.45, 7) is 4.77. The molecule has 1 amide bonds. The van der Waals surface area contributed by atoms with Crippen LogP contribution >= 0.6 is 7.82 Å². The number of likely N-dealkylation sites (N-methyl/N-ethyl adjacent to an activating group) is 1. The molecule has 0 aliphatic carbocycles. The van der Waals surface area contributed by atoms with Crippen LogP contribution in [0, 0.1) is 0 Å². The smallest absolute Gasteiger partial charge is 0.391 e. The van der Waals surface area contributed by atoms with E-state index in [-0.39, 0.29) is 19.1 Å². The Hall–Kier alpha value is -1.28. The maximum atomic E-state index is 12.9. The van der Waals surface area contributed by atoms with Crippen LogP contribution in [-0.2, 0) is 18.4 Å². The van der Waals surface area contributed by atoms with Gasteiger partial charge in [-0.2, -0.15) is 0 Å². The normalized spacial score (nSPS) is 14.6. The average molecular weight is 826 g/mol. The second-order valence-corrected chi connectivity index (χ2v) is 18.9. The molecule has 0 radical (unpaired) electrons. The SMILES string of the molecule is CC/C=C\C/C=C\C/C=C\CCCCCCCC(=O)NC(COP(=O)(O)OCC[N+](C)(C)C)C(O)CCCCCCCCCCCCCCCCCCCCCC. The molecule has 0 aromatic heterocycles. The predicted octanol–water partition coefficient (Wildman–Crippen LogP) is 13.5. The number of unbranched alkanes of at least 4 members (excludes halogenated alkanes) is 24. The van der Waals surface area contributed by atoms with E-state index in [1.165, 1.54) is 109 Å². The lowest BCUT2D eigenvalue weighted by atomic mass is 10.0. The van der Waals surface area contributed by atoms with Crippen LogP contribution in [0.25, 0.3) is 0 Å². The monoisotopic (exact) mass is 826 g/mol. The molecule has 0 fully saturated rings. The third-order valence-electron chi connectivity index (χ3n) is 10.7. The van der Waals surface area contributed by atoms with Crippen LogP contribution in [0.2, 0.25) is 0 Å². The maximum Gasteiger partial charge on any atom is 0.472 e. The average Bonchev–Trinajstić information content (AvgIpc) is 3.16. The number of quaternary nitrogens is 1. The highest BCUT2D eigenvalue weighted by Crippen LogP contribution is 2.43. The maximum absolute atomic E-state index is 12.9. The van der Waals surface area contributed by atoms with Gasteiger partial charge in [-0.15, -0.1) is 0 Å². The van der Waals surface area contributed by atoms with Gasteiger partial charge >= 0.3 is 7.82 Å². The van der Waals surface area contributed by atoms with Gasteiger partial charge in [0.1, 0.15) is 13.2 Å². The van der Waals surface area contributed by atoms with Crippen molar-refractivity contribution in [2.75, 3.05) is 40.9 Å². The van der Waals surface area contributed by atoms with Gasteiger partial charge in [0.15, 0.2) is 0 Å². The van der Waals surface area contributed by atoms with E-state index in [0.29, 0.717) is 23.9 Å². The van der Waals surface area contributed by atoms with Crippen molar-refractivity contribution in [2.45, 2.75) is 225 Å². The number of hydrogen-bond acceptors (Lipinski definition) is 5. The van der Waals surface area contributed by atoms with Gasteiger partial charge in [-0.05, 0) is 44.9 Å². The molecule has 0 saturated heterocycles. The summed E-state index contributed by atoms with van der Waals surface area (Å²) in [5.41, 5.74) is 0. The highest BCUT2D eigenvalue weighted by Gasteiger charge is 2.28. The molecule has 0 spiro atoms. The van der Waals surface area contributed by atoms with E-state index in [2.05, 4.69) is 55.6 Å². The second-order valence-electron chi connectivity index (χ2n) is 17.5. The number of rotatable bonds is 43. The Kier molecular flexibility index (Phi) is 39.2. The standard InChI is InChI=1S/C48H93N2O6P/c1-6-8-10-12-14-16-18-20-22-23-24-25-26-28-29-31-33-35-37-39-41-47(51)46(45-56-57(53,54)55-44-43-50(3,4)5)49-48(52)42-40-38-36-34-32-30-27-21-19-17-15-13-11-9-7-2/h9,11,15,17,21,27,46-47,51H,6-8,10,12-14,16,18-20,22-26,28-45H2,1-5H3,(H-,49,52,53,54)/p+1/b11-9-,17-15-,27-21-. The zero-order chi connectivity index (χ0) is 42.1. The van der Waals surface area contributed by atoms with Crippen molar-refractivity contribution in [3.05, 3.63) is 36.5 Å². The number of phosphoric acid groups is 1. The van der Waals surface area contributed by atoms with Gasteiger partial charge in [0.25, 0.3) is 0 Å². The van der Waals surface area contributed by atoms with Crippen LogP contribution in [0.3, 0.4) is 0 Å². The molecule has 0 aliphatic heterocycles. The molecule has 57 heavy (non-hydrogen) atoms. The number of amides is 1. The Labute approximate surface area is 353 Å². The van der Waals surface area contributed by atoms with Gasteiger partial charge in [-0.1, -0.05) is 198 Å². The fourth-order valence-electron chi connectivity index (χ4n) is 6.88. The summed E-state index contributed by atoms with van der Waals surface area (Å²) in [4.78, 5) is 23.2. The summed E-state index contributed by atoms with van der Waals surface area (Å²) in [5, 5.41) is 14.0. The van der Waals surface area contributed by atoms with Gasteiger partial charge in [-0.3, -0.25) is 13.8 Å². The molecule has 0 bridgehead atoms. The molecule has 3 unspecified atom stereocenters. The number of phosphoric ester groups is 1. The summed E-state index contributed by atoms with van der Waals surface area (Å²) in [6.07, 6.45) is 48.9. The van der Waals surface area contributed by atoms with Crippen molar-refractivity contribution in [3.8, 4) is 0 Å². The topological polar surface area (TPSA) is 105 Å². The number of carbonyl (C=O) groups is 1. The number of hydrogen-bond donors (Lipinski definition) is 3. The Morgan fingerprint density at radius 1 is 0.614 bits per heavy atom. The Bertz CT molecular complexity index is 1030. The molecule has 336 valence electrons. The zero-order valence-electron chi connectivity index (χ0n) is 38.1. The minimum Gasteiger partial charge on any atom is -0.391 e. The molecule has 3 atom stereocenters. The van der Waals surface area contributed by atoms with Crippen LogP contribution < -0.4 is 5.32 Å². The number of carbonyl (C=O) groups excluding carboxylic acids is 1. The lowest BCUT2D eigenvalue weighted by molar-refractivity contribution is -0.870. The quantitative estimate of drug-likeness (QED) is 0.0245. The van der Waals surface area contributed by atoms with Crippen molar-refractivity contribution < 1.29 is 32.9 Å². The van der Waals surface area contributed by atoms with Crippen molar-refractivity contribution in [1.82, 2.24) is 5.32 Å². The van der Waals surface area contributed by atoms with E-state index >= 15 is 0 Å². The largest absolute Gasteiger partial charge is 0.472 e. The summed E-state index contributed by atoms with van der Waals surface area (Å²) in [6, 6.07) is -0.769. The summed E-state index contributed by atoms with van der Waals surface area (Å²) >= 11 is 0. The lowest BCUT2D eigenvalue weighted by Crippen LogP contribution is -2.46. The predicted molar refractivity (Wildman–Crippen MR) is 244 cm³/mol. The second kappa shape index (κ2) is 40.1. The first kappa shape index (κ1) is 55.7. The third kappa shape index (κ3) is 42.6. The van der Waals surface area contributed by atoms with E-state index in [0.717, 1.165) is 77.0 Å². The van der Waals surface area contributed by atoms with E-state index in [9.17, 15) is 19.4 Å². The van der Waals surface area contributed by atoms with E-state index < -0.39 is 20.0 Å². The van der Waals surface area contributed by atoms with Crippen molar-refractivity contribution >= 4 is 13.7 Å². The van der Waals surface area contributed by atoms with Crippen LogP contribution in [0.5, 0.6) is 0 Å². The number of allylic oxidation sites excluding steroid dienone is 6. The van der Waals surface area contributed by atoms with Crippen LogP contribution in [0.1, 0.15) is 213 Å². The molecule has 0 rings (SSSR count). The highest BCUT2D eigenvalue weighted by molar-refractivity contribution is 7.47. The van der Waals surface area contributed by atoms with Gasteiger partial charge in [0, 0.05) is 6.42 Å². The number of aliphatic hydroxyl groups excluding tert-OH is 1. The minimum absolute atomic E-state index is 0.0705. The van der Waals surface area contributed by atoms with Crippen molar-refractivity contribution in [3.63, 3.8) is 0 Å². The van der Waals surface area contributed by atoms with Crippen molar-refractivity contribution in [2.24, 2.45) is 0 Å². The van der Waals surface area contributed by atoms with Crippen LogP contribution in [0.4, 0.5) is 0 Å². The van der Waals surface area contributed by atoms with Gasteiger partial charge in [0.2, 0.25) is 5.91 Å². The first-order valence-corrected chi connectivity index (χ1v) is 25.3. The van der Waals surface area contributed by atoms with Gasteiger partial charge < -0.3 is 19.8 Å². The van der Waals surface area contributed by atoms with E-state index in [4.69, 9.17) is 9.05 Å². The lowest BCUT2D eigenvalue weighted by Gasteiger charge is -2.26. The molecule has 0 aromatic carbocycles. The fourth-order valence-corrected chi connectivity index (χ4v) is 7.62. The zero-order valence-corrected chi connectivity index (χ0v) is 39.0. The number of aliphatic hydroxyl groups is 1. The number of nitrogens with one attached hydrogen (secondary N) is 1. The van der Waals surface area contributed by atoms with Gasteiger partial charge in [0.05, 0.1) is 39.9 Å². The molecule has 0 heterocycles. The molecule has 0 saturated carbocycles. The first-order chi connectivity index (χ1) is 27.5. The van der Waals surface area contributed by atoms with Gasteiger partial charge in [-0.25, -0.2) is 4.57 Å². The highest BCUT2D eigenvalue weighted by atomic mass is 31.2. The molecule has 0 aromatic rings. The third-order valence-corrected chi connectivity index (χ3v) is 11.6. The molecular formula is C48H94N2O6P+. The van der Waals surface area contributed by atoms with E-state index in [1.54, 1.807) is 0 Å². The molecular weight excluding hydrogens is 732 g/mol. The van der Waals surface area contributed by atoms with Crippen LogP contribution in [0.15, 0.2) is 36.5 Å². The van der Waals surface area contributed by atoms with Crippen molar-refractivity contribution in [1.29, 1.82) is 0 Å². The van der Waals surface area contributed by atoms with Crippen LogP contribution in [-0.4, -0.2) is 73.4 Å². The number of nitrogens with zero attached hydrogens (tertiary/aromatic N) is 1. The summed E-state index contributed by atoms with van der Waals surface area (Å²) < 4.78 is 23.7. The molecule has 8 nitrogen and oxygen atoms in total. The minimum atomic E-state index is -4.32. The fraction of sp³-hybridized carbons (Fsp3) is 0.854. The Morgan fingerprint density at radius 2 is 1.05 bits per heavy atom. The summed E-state index contributed by atoms with van der Waals surface area (Å²) in [7, 11) is 1.60.